The van der Waals surface area contributed by atoms with E-state index in [4.69, 9.17) is 46.4 Å². The van der Waals surface area contributed by atoms with Gasteiger partial charge < -0.3 is 34.2 Å². The Morgan fingerprint density at radius 3 is 1.48 bits per heavy atom. The molecule has 0 radical (unpaired) electrons. The van der Waals surface area contributed by atoms with E-state index < -0.39 is 5.54 Å². The van der Waals surface area contributed by atoms with Crippen molar-refractivity contribution in [2.75, 3.05) is 59.5 Å². The number of hydrogen-bond acceptors (Lipinski definition) is 10. The maximum absolute atomic E-state index is 11.4. The van der Waals surface area contributed by atoms with Gasteiger partial charge in [0, 0.05) is 6.42 Å². The first-order valence-corrected chi connectivity index (χ1v) is 10.3. The lowest BCUT2D eigenvalue weighted by Crippen LogP contribution is -2.53. The molecular formula is C19H35NO8S. The number of nitrogens with two attached hydrogens (primary N) is 1. The zero-order valence-corrected chi connectivity index (χ0v) is 18.6. The second-order valence-electron chi connectivity index (χ2n) is 6.19. The summed E-state index contributed by atoms with van der Waals surface area (Å²) >= 11 is 5.05. The van der Waals surface area contributed by atoms with Crippen molar-refractivity contribution >= 4 is 29.2 Å². The van der Waals surface area contributed by atoms with Gasteiger partial charge in [0.25, 0.3) is 0 Å². The standard InChI is InChI=1S/C19H35NO8S/c1-4-26-16(21)7-10-23-13-19(20,14-24-11-8-17(22)27-5-2)15-25-12-9-18(29)28-6-3/h4-15,20H2,1-3H3. The third-order valence-electron chi connectivity index (χ3n) is 3.44. The summed E-state index contributed by atoms with van der Waals surface area (Å²) in [5.41, 5.74) is 5.41. The molecule has 0 fully saturated rings. The number of carbonyl (C=O) groups excluding carboxylic acids is 2. The smallest absolute Gasteiger partial charge is 0.308 e. The molecule has 0 heterocycles. The zero-order chi connectivity index (χ0) is 22.0. The Morgan fingerprint density at radius 2 is 1.10 bits per heavy atom. The molecule has 0 aromatic carbocycles. The van der Waals surface area contributed by atoms with Crippen LogP contribution in [0.25, 0.3) is 0 Å². The molecule has 0 atom stereocenters. The summed E-state index contributed by atoms with van der Waals surface area (Å²) < 4.78 is 31.6. The molecule has 0 bridgehead atoms. The Balaban J connectivity index is 4.37. The number of carbonyl (C=O) groups is 2. The third kappa shape index (κ3) is 16.2. The van der Waals surface area contributed by atoms with Gasteiger partial charge in [0.2, 0.25) is 0 Å². The lowest BCUT2D eigenvalue weighted by atomic mass is 10.1. The first-order valence-electron chi connectivity index (χ1n) is 9.85. The first kappa shape index (κ1) is 27.7. The van der Waals surface area contributed by atoms with Crippen LogP contribution >= 0.6 is 12.2 Å². The van der Waals surface area contributed by atoms with Gasteiger partial charge in [-0.3, -0.25) is 9.59 Å². The monoisotopic (exact) mass is 437 g/mol. The molecule has 0 rings (SSSR count). The predicted octanol–water partition coefficient (Wildman–Crippen LogP) is 1.39. The fraction of sp³-hybridized carbons (Fsp3) is 0.842. The quantitative estimate of drug-likeness (QED) is 0.192. The minimum absolute atomic E-state index is 0.113. The van der Waals surface area contributed by atoms with Crippen molar-refractivity contribution in [1.29, 1.82) is 0 Å². The molecule has 29 heavy (non-hydrogen) atoms. The summed E-state index contributed by atoms with van der Waals surface area (Å²) in [6, 6.07) is 0. The molecule has 10 heteroatoms. The highest BCUT2D eigenvalue weighted by Crippen LogP contribution is 2.07. The molecule has 0 aromatic rings. The summed E-state index contributed by atoms with van der Waals surface area (Å²) in [6.45, 7) is 7.59. The van der Waals surface area contributed by atoms with Gasteiger partial charge in [-0.25, -0.2) is 0 Å². The highest BCUT2D eigenvalue weighted by Gasteiger charge is 2.27. The Kier molecular flexibility index (Phi) is 16.7. The van der Waals surface area contributed by atoms with Crippen LogP contribution < -0.4 is 5.73 Å². The molecule has 0 aromatic heterocycles. The van der Waals surface area contributed by atoms with Gasteiger partial charge in [-0.05, 0) is 33.0 Å². The van der Waals surface area contributed by atoms with E-state index in [0.29, 0.717) is 37.9 Å². The molecule has 0 saturated heterocycles. The molecular weight excluding hydrogens is 402 g/mol. The Labute approximate surface area is 178 Å². The number of thiocarbonyl (C=S) groups is 1. The lowest BCUT2D eigenvalue weighted by Gasteiger charge is -2.29. The minimum Gasteiger partial charge on any atom is -0.487 e. The Bertz CT molecular complexity index is 411. The largest absolute Gasteiger partial charge is 0.487 e. The van der Waals surface area contributed by atoms with Crippen molar-refractivity contribution in [2.24, 2.45) is 5.73 Å². The molecule has 0 aliphatic rings. The van der Waals surface area contributed by atoms with Crippen LogP contribution in [0.4, 0.5) is 0 Å². The molecule has 170 valence electrons. The summed E-state index contributed by atoms with van der Waals surface area (Å²) in [7, 11) is 0. The fourth-order valence-electron chi connectivity index (χ4n) is 2.12. The van der Waals surface area contributed by atoms with Crippen LogP contribution in [0.3, 0.4) is 0 Å². The van der Waals surface area contributed by atoms with Gasteiger partial charge in [-0.15, -0.1) is 0 Å². The van der Waals surface area contributed by atoms with E-state index in [1.165, 1.54) is 0 Å². The van der Waals surface area contributed by atoms with Gasteiger partial charge in [-0.2, -0.15) is 0 Å². The van der Waals surface area contributed by atoms with E-state index >= 15 is 0 Å². The molecule has 9 nitrogen and oxygen atoms in total. The number of ether oxygens (including phenoxy) is 6. The van der Waals surface area contributed by atoms with Gasteiger partial charge in [0.05, 0.1) is 77.8 Å². The van der Waals surface area contributed by atoms with E-state index in [9.17, 15) is 9.59 Å². The van der Waals surface area contributed by atoms with E-state index in [1.807, 2.05) is 6.92 Å². The molecule has 0 amide bonds. The molecule has 0 saturated carbocycles. The van der Waals surface area contributed by atoms with Gasteiger partial charge in [0.15, 0.2) is 5.05 Å². The molecule has 0 aliphatic carbocycles. The zero-order valence-electron chi connectivity index (χ0n) is 17.7. The van der Waals surface area contributed by atoms with Crippen LogP contribution in [0.5, 0.6) is 0 Å². The topological polar surface area (TPSA) is 116 Å². The summed E-state index contributed by atoms with van der Waals surface area (Å²) in [6.07, 6.45) is 0.751. The van der Waals surface area contributed by atoms with Crippen LogP contribution in [-0.4, -0.2) is 82.0 Å². The van der Waals surface area contributed by atoms with Crippen molar-refractivity contribution in [3.8, 4) is 0 Å². The maximum Gasteiger partial charge on any atom is 0.308 e. The van der Waals surface area contributed by atoms with E-state index in [-0.39, 0.29) is 57.8 Å². The van der Waals surface area contributed by atoms with Crippen molar-refractivity contribution in [1.82, 2.24) is 0 Å². The fourth-order valence-corrected chi connectivity index (χ4v) is 2.32. The Morgan fingerprint density at radius 1 is 0.724 bits per heavy atom. The second kappa shape index (κ2) is 17.5. The molecule has 0 spiro atoms. The van der Waals surface area contributed by atoms with Crippen LogP contribution in [0.1, 0.15) is 40.0 Å². The van der Waals surface area contributed by atoms with Gasteiger partial charge >= 0.3 is 11.9 Å². The van der Waals surface area contributed by atoms with Crippen LogP contribution in [0.2, 0.25) is 0 Å². The van der Waals surface area contributed by atoms with Crippen LogP contribution in [0, 0.1) is 0 Å². The number of hydrogen-bond donors (Lipinski definition) is 1. The average Bonchev–Trinajstić information content (AvgIpc) is 2.67. The second-order valence-corrected chi connectivity index (χ2v) is 6.64. The van der Waals surface area contributed by atoms with Crippen molar-refractivity contribution < 1.29 is 38.0 Å². The molecule has 0 aliphatic heterocycles. The lowest BCUT2D eigenvalue weighted by molar-refractivity contribution is -0.145. The predicted molar refractivity (Wildman–Crippen MR) is 111 cm³/mol. The summed E-state index contributed by atoms with van der Waals surface area (Å²) in [5.74, 6) is -0.664. The van der Waals surface area contributed by atoms with Crippen molar-refractivity contribution in [3.05, 3.63) is 0 Å². The molecule has 0 unspecified atom stereocenters. The van der Waals surface area contributed by atoms with Crippen molar-refractivity contribution in [2.45, 2.75) is 45.6 Å². The SMILES string of the molecule is CCOC(=O)CCOCC(N)(COCCC(=O)OCC)COCCC(=S)OCC. The number of esters is 2. The average molecular weight is 438 g/mol. The van der Waals surface area contributed by atoms with Gasteiger partial charge in [0.1, 0.15) is 0 Å². The molecule has 2 N–H and O–H groups in total. The van der Waals surface area contributed by atoms with Crippen LogP contribution in [-0.2, 0) is 38.0 Å². The highest BCUT2D eigenvalue weighted by molar-refractivity contribution is 7.80. The maximum atomic E-state index is 11.4. The summed E-state index contributed by atoms with van der Waals surface area (Å²) in [5, 5.41) is 0.478. The van der Waals surface area contributed by atoms with E-state index in [2.05, 4.69) is 0 Å². The van der Waals surface area contributed by atoms with E-state index in [0.717, 1.165) is 0 Å². The van der Waals surface area contributed by atoms with Crippen molar-refractivity contribution in [3.63, 3.8) is 0 Å². The van der Waals surface area contributed by atoms with E-state index in [1.54, 1.807) is 13.8 Å². The Hall–Kier alpha value is -1.33. The normalized spacial score (nSPS) is 11.2. The number of rotatable bonds is 18. The van der Waals surface area contributed by atoms with Gasteiger partial charge in [-0.1, -0.05) is 0 Å². The first-order chi connectivity index (χ1) is 13.9. The minimum atomic E-state index is -0.948. The summed E-state index contributed by atoms with van der Waals surface area (Å²) in [4.78, 5) is 22.7. The van der Waals surface area contributed by atoms with Crippen LogP contribution in [0.15, 0.2) is 0 Å². The third-order valence-corrected chi connectivity index (χ3v) is 3.76. The highest BCUT2D eigenvalue weighted by atomic mass is 32.1.